The van der Waals surface area contributed by atoms with Crippen molar-refractivity contribution in [1.29, 1.82) is 0 Å². The summed E-state index contributed by atoms with van der Waals surface area (Å²) in [6, 6.07) is 0. The first-order chi connectivity index (χ1) is 6.33. The summed E-state index contributed by atoms with van der Waals surface area (Å²) in [5, 5.41) is 8.41. The zero-order valence-electron chi connectivity index (χ0n) is 7.55. The van der Waals surface area contributed by atoms with Gasteiger partial charge in [0.2, 0.25) is 0 Å². The molecule has 0 aliphatic carbocycles. The van der Waals surface area contributed by atoms with Crippen LogP contribution in [-0.4, -0.2) is 27.5 Å². The fourth-order valence-corrected chi connectivity index (χ4v) is 1.10. The summed E-state index contributed by atoms with van der Waals surface area (Å²) >= 11 is 0. The predicted octanol–water partition coefficient (Wildman–Crippen LogP) is 0.907. The van der Waals surface area contributed by atoms with Gasteiger partial charge in [-0.1, -0.05) is 6.58 Å². The van der Waals surface area contributed by atoms with Crippen molar-refractivity contribution < 1.29 is 28.8 Å². The summed E-state index contributed by atoms with van der Waals surface area (Å²) in [7, 11) is -4.39. The Balaban J connectivity index is 3.44. The van der Waals surface area contributed by atoms with Gasteiger partial charge in [-0.25, -0.2) is 9.36 Å². The highest BCUT2D eigenvalue weighted by atomic mass is 31.2. The smallest absolute Gasteiger partial charge is 0.469 e. The average molecular weight is 224 g/mol. The van der Waals surface area contributed by atoms with Crippen molar-refractivity contribution in [2.75, 3.05) is 6.61 Å². The van der Waals surface area contributed by atoms with Crippen molar-refractivity contribution >= 4 is 13.8 Å². The monoisotopic (exact) mass is 224 g/mol. The number of phosphoric acid groups is 1. The van der Waals surface area contributed by atoms with Crippen molar-refractivity contribution in [3.05, 3.63) is 12.2 Å². The molecule has 7 heteroatoms. The molecule has 0 heterocycles. The summed E-state index contributed by atoms with van der Waals surface area (Å²) in [6.45, 7) is 3.22. The third-order valence-electron chi connectivity index (χ3n) is 1.43. The predicted molar refractivity (Wildman–Crippen MR) is 48.6 cm³/mol. The fraction of sp³-hybridized carbons (Fsp3) is 0.571. The maximum absolute atomic E-state index is 10.3. The third-order valence-corrected chi connectivity index (χ3v) is 1.95. The molecule has 0 saturated carbocycles. The minimum absolute atomic E-state index is 0.0844. The summed E-state index contributed by atoms with van der Waals surface area (Å²) in [5.74, 6) is -1.05. The molecule has 3 N–H and O–H groups in total. The van der Waals surface area contributed by atoms with Crippen LogP contribution in [0.3, 0.4) is 0 Å². The van der Waals surface area contributed by atoms with Crippen LogP contribution >= 0.6 is 7.82 Å². The molecule has 0 aromatic carbocycles. The van der Waals surface area contributed by atoms with Gasteiger partial charge < -0.3 is 14.9 Å². The number of rotatable bonds is 7. The van der Waals surface area contributed by atoms with E-state index in [-0.39, 0.29) is 12.2 Å². The molecule has 0 bridgehead atoms. The first-order valence-electron chi connectivity index (χ1n) is 3.94. The Kier molecular flexibility index (Phi) is 5.64. The Hall–Kier alpha value is -0.680. The van der Waals surface area contributed by atoms with Gasteiger partial charge in [-0.2, -0.15) is 0 Å². The van der Waals surface area contributed by atoms with Crippen LogP contribution in [-0.2, 0) is 13.9 Å². The molecule has 82 valence electrons. The zero-order chi connectivity index (χ0) is 11.2. The molecule has 0 saturated heterocycles. The van der Waals surface area contributed by atoms with Crippen LogP contribution in [0.1, 0.15) is 19.3 Å². The lowest BCUT2D eigenvalue weighted by Gasteiger charge is -2.04. The highest BCUT2D eigenvalue weighted by molar-refractivity contribution is 7.46. The molecular formula is C7H13O6P. The molecule has 0 aliphatic heterocycles. The molecule has 6 nitrogen and oxygen atoms in total. The van der Waals surface area contributed by atoms with Gasteiger partial charge in [0.1, 0.15) is 0 Å². The largest absolute Gasteiger partial charge is 0.478 e. The van der Waals surface area contributed by atoms with Crippen LogP contribution in [0, 0.1) is 0 Å². The maximum Gasteiger partial charge on any atom is 0.469 e. The van der Waals surface area contributed by atoms with E-state index in [9.17, 15) is 9.36 Å². The van der Waals surface area contributed by atoms with Crippen molar-refractivity contribution in [2.24, 2.45) is 0 Å². The van der Waals surface area contributed by atoms with E-state index in [0.717, 1.165) is 0 Å². The number of unbranched alkanes of at least 4 members (excludes halogenated alkanes) is 1. The Morgan fingerprint density at radius 1 is 1.36 bits per heavy atom. The van der Waals surface area contributed by atoms with Crippen LogP contribution in [0.25, 0.3) is 0 Å². The minimum atomic E-state index is -4.39. The van der Waals surface area contributed by atoms with Crippen LogP contribution in [0.5, 0.6) is 0 Å². The number of hydrogen-bond acceptors (Lipinski definition) is 3. The summed E-state index contributed by atoms with van der Waals surface area (Å²) in [5.41, 5.74) is 0.0844. The topological polar surface area (TPSA) is 104 Å². The molecule has 0 atom stereocenters. The van der Waals surface area contributed by atoms with Gasteiger partial charge in [0.05, 0.1) is 6.61 Å². The van der Waals surface area contributed by atoms with Crippen LogP contribution < -0.4 is 0 Å². The van der Waals surface area contributed by atoms with E-state index in [2.05, 4.69) is 11.1 Å². The van der Waals surface area contributed by atoms with Crippen LogP contribution in [0.4, 0.5) is 0 Å². The number of carboxylic acids is 1. The lowest BCUT2D eigenvalue weighted by Crippen LogP contribution is -1.99. The van der Waals surface area contributed by atoms with Crippen molar-refractivity contribution in [2.45, 2.75) is 19.3 Å². The second-order valence-corrected chi connectivity index (χ2v) is 3.93. The van der Waals surface area contributed by atoms with E-state index < -0.39 is 13.8 Å². The SMILES string of the molecule is C=C(CCCCOP(=O)(O)O)C(=O)O. The second kappa shape index (κ2) is 5.93. The Bertz CT molecular complexity index is 255. The number of aliphatic carboxylic acids is 1. The standard InChI is InChI=1S/C7H13O6P/c1-6(7(8)9)4-2-3-5-13-14(10,11)12/h1-5H2,(H,8,9)(H2,10,11,12). The Labute approximate surface area is 81.4 Å². The minimum Gasteiger partial charge on any atom is -0.478 e. The quantitative estimate of drug-likeness (QED) is 0.337. The van der Waals surface area contributed by atoms with Gasteiger partial charge >= 0.3 is 13.8 Å². The van der Waals surface area contributed by atoms with Crippen molar-refractivity contribution in [3.63, 3.8) is 0 Å². The van der Waals surface area contributed by atoms with Crippen LogP contribution in [0.15, 0.2) is 12.2 Å². The lowest BCUT2D eigenvalue weighted by molar-refractivity contribution is -0.132. The molecule has 0 amide bonds. The number of hydrogen-bond donors (Lipinski definition) is 3. The summed E-state index contributed by atoms with van der Waals surface area (Å²) in [6.07, 6.45) is 1.16. The van der Waals surface area contributed by atoms with E-state index in [1.54, 1.807) is 0 Å². The molecule has 14 heavy (non-hydrogen) atoms. The molecule has 0 radical (unpaired) electrons. The second-order valence-electron chi connectivity index (χ2n) is 2.69. The number of phosphoric ester groups is 1. The van der Waals surface area contributed by atoms with E-state index >= 15 is 0 Å². The van der Waals surface area contributed by atoms with E-state index in [1.165, 1.54) is 0 Å². The van der Waals surface area contributed by atoms with Gasteiger partial charge in [0.15, 0.2) is 0 Å². The normalized spacial score (nSPS) is 11.3. The zero-order valence-corrected chi connectivity index (χ0v) is 8.44. The molecule has 0 spiro atoms. The van der Waals surface area contributed by atoms with Gasteiger partial charge in [-0.3, -0.25) is 4.52 Å². The maximum atomic E-state index is 10.3. The molecule has 0 aromatic heterocycles. The molecular weight excluding hydrogens is 211 g/mol. The number of carboxylic acid groups (broad SMARTS) is 1. The molecule has 0 aromatic rings. The Morgan fingerprint density at radius 2 is 1.93 bits per heavy atom. The van der Waals surface area contributed by atoms with E-state index in [4.69, 9.17) is 14.9 Å². The Morgan fingerprint density at radius 3 is 2.36 bits per heavy atom. The molecule has 0 aliphatic rings. The van der Waals surface area contributed by atoms with E-state index in [1.807, 2.05) is 0 Å². The fourth-order valence-electron chi connectivity index (χ4n) is 0.731. The van der Waals surface area contributed by atoms with E-state index in [0.29, 0.717) is 19.3 Å². The average Bonchev–Trinajstić information content (AvgIpc) is 2.01. The third kappa shape index (κ3) is 7.94. The number of carbonyl (C=O) groups is 1. The van der Waals surface area contributed by atoms with Gasteiger partial charge in [-0.15, -0.1) is 0 Å². The molecule has 0 unspecified atom stereocenters. The highest BCUT2D eigenvalue weighted by Crippen LogP contribution is 2.35. The first-order valence-corrected chi connectivity index (χ1v) is 5.47. The molecule has 0 rings (SSSR count). The van der Waals surface area contributed by atoms with Crippen LogP contribution in [0.2, 0.25) is 0 Å². The highest BCUT2D eigenvalue weighted by Gasteiger charge is 2.12. The molecule has 0 fully saturated rings. The summed E-state index contributed by atoms with van der Waals surface area (Å²) in [4.78, 5) is 26.9. The lowest BCUT2D eigenvalue weighted by atomic mass is 10.1. The van der Waals surface area contributed by atoms with Gasteiger partial charge in [0, 0.05) is 5.57 Å². The van der Waals surface area contributed by atoms with Crippen molar-refractivity contribution in [1.82, 2.24) is 0 Å². The first kappa shape index (κ1) is 13.3. The van der Waals surface area contributed by atoms with Crippen molar-refractivity contribution in [3.8, 4) is 0 Å². The summed E-state index contributed by atoms with van der Waals surface area (Å²) < 4.78 is 14.4. The van der Waals surface area contributed by atoms with Gasteiger partial charge in [0.25, 0.3) is 0 Å². The van der Waals surface area contributed by atoms with Gasteiger partial charge in [-0.05, 0) is 19.3 Å².